The number of rotatable bonds is 5. The second kappa shape index (κ2) is 5.64. The zero-order chi connectivity index (χ0) is 14.7. The highest BCUT2D eigenvalue weighted by molar-refractivity contribution is 7.92. The van der Waals surface area contributed by atoms with Crippen molar-refractivity contribution in [3.05, 3.63) is 24.0 Å². The van der Waals surface area contributed by atoms with Gasteiger partial charge in [0.1, 0.15) is 11.6 Å². The molecule has 0 aliphatic carbocycles. The minimum atomic E-state index is -4.43. The van der Waals surface area contributed by atoms with Crippen LogP contribution in [0.3, 0.4) is 0 Å². The van der Waals surface area contributed by atoms with Gasteiger partial charge in [-0.3, -0.25) is 4.72 Å². The molecule has 0 saturated heterocycles. The largest absolute Gasteiger partial charge is 0.506 e. The SMILES string of the molecule is O=S(=O)(CCCC(F)(F)F)Nc1cc(F)ccc1O. The van der Waals surface area contributed by atoms with Gasteiger partial charge in [-0.05, 0) is 18.6 Å². The van der Waals surface area contributed by atoms with Crippen molar-refractivity contribution in [3.63, 3.8) is 0 Å². The number of halogens is 4. The van der Waals surface area contributed by atoms with E-state index in [-0.39, 0.29) is 0 Å². The van der Waals surface area contributed by atoms with Crippen molar-refractivity contribution in [1.29, 1.82) is 0 Å². The van der Waals surface area contributed by atoms with E-state index < -0.39 is 52.0 Å². The van der Waals surface area contributed by atoms with Crippen LogP contribution >= 0.6 is 0 Å². The standard InChI is InChI=1S/C10H11F4NO3S/c11-7-2-3-9(16)8(6-7)15-19(17,18)5-1-4-10(12,13)14/h2-3,6,15-16H,1,4-5H2. The van der Waals surface area contributed by atoms with Crippen LogP contribution in [0.5, 0.6) is 5.75 Å². The van der Waals surface area contributed by atoms with Gasteiger partial charge in [-0.15, -0.1) is 0 Å². The number of nitrogens with one attached hydrogen (secondary N) is 1. The number of benzene rings is 1. The molecule has 0 spiro atoms. The molecule has 0 aliphatic rings. The Hall–Kier alpha value is -1.51. The molecular weight excluding hydrogens is 290 g/mol. The van der Waals surface area contributed by atoms with Gasteiger partial charge in [0, 0.05) is 12.5 Å². The molecule has 0 amide bonds. The van der Waals surface area contributed by atoms with Crippen molar-refractivity contribution in [2.24, 2.45) is 0 Å². The molecule has 0 bridgehead atoms. The fraction of sp³-hybridized carbons (Fsp3) is 0.400. The van der Waals surface area contributed by atoms with Gasteiger partial charge in [0.25, 0.3) is 0 Å². The summed E-state index contributed by atoms with van der Waals surface area (Å²) in [5.41, 5.74) is -0.410. The number of hydrogen-bond acceptors (Lipinski definition) is 3. The molecule has 9 heteroatoms. The molecule has 4 nitrogen and oxygen atoms in total. The van der Waals surface area contributed by atoms with Gasteiger partial charge in [-0.1, -0.05) is 0 Å². The maximum Gasteiger partial charge on any atom is 0.389 e. The number of anilines is 1. The van der Waals surface area contributed by atoms with Crippen LogP contribution < -0.4 is 4.72 Å². The van der Waals surface area contributed by atoms with E-state index in [1.807, 2.05) is 4.72 Å². The van der Waals surface area contributed by atoms with Gasteiger partial charge in [0.05, 0.1) is 11.4 Å². The number of alkyl halides is 3. The third-order valence-corrected chi connectivity index (χ3v) is 3.45. The van der Waals surface area contributed by atoms with Crippen molar-refractivity contribution in [2.45, 2.75) is 19.0 Å². The minimum Gasteiger partial charge on any atom is -0.506 e. The Balaban J connectivity index is 2.67. The van der Waals surface area contributed by atoms with Crippen molar-refractivity contribution in [3.8, 4) is 5.75 Å². The van der Waals surface area contributed by atoms with E-state index in [0.29, 0.717) is 0 Å². The summed E-state index contributed by atoms with van der Waals surface area (Å²) in [7, 11) is -4.07. The molecule has 0 radical (unpaired) electrons. The van der Waals surface area contributed by atoms with Gasteiger partial charge in [-0.2, -0.15) is 13.2 Å². The summed E-state index contributed by atoms with van der Waals surface area (Å²) in [6, 6.07) is 2.58. The van der Waals surface area contributed by atoms with E-state index in [9.17, 15) is 31.1 Å². The van der Waals surface area contributed by atoms with Crippen LogP contribution in [-0.4, -0.2) is 25.5 Å². The lowest BCUT2D eigenvalue weighted by Gasteiger charge is -2.10. The van der Waals surface area contributed by atoms with Crippen LogP contribution in [0.4, 0.5) is 23.2 Å². The van der Waals surface area contributed by atoms with Crippen molar-refractivity contribution in [2.75, 3.05) is 10.5 Å². The van der Waals surface area contributed by atoms with E-state index >= 15 is 0 Å². The smallest absolute Gasteiger partial charge is 0.389 e. The lowest BCUT2D eigenvalue weighted by Crippen LogP contribution is -2.19. The maximum absolute atomic E-state index is 12.8. The maximum atomic E-state index is 12.8. The number of sulfonamides is 1. The van der Waals surface area contributed by atoms with Crippen LogP contribution in [0.25, 0.3) is 0 Å². The highest BCUT2D eigenvalue weighted by atomic mass is 32.2. The first-order valence-electron chi connectivity index (χ1n) is 5.15. The molecule has 0 atom stereocenters. The molecule has 1 rings (SSSR count). The van der Waals surface area contributed by atoms with E-state index in [4.69, 9.17) is 0 Å². The Morgan fingerprint density at radius 3 is 2.47 bits per heavy atom. The second-order valence-electron chi connectivity index (χ2n) is 3.80. The predicted molar refractivity (Wildman–Crippen MR) is 60.8 cm³/mol. The zero-order valence-electron chi connectivity index (χ0n) is 9.54. The van der Waals surface area contributed by atoms with Crippen LogP contribution in [0.15, 0.2) is 18.2 Å². The molecule has 0 heterocycles. The topological polar surface area (TPSA) is 66.4 Å². The summed E-state index contributed by atoms with van der Waals surface area (Å²) in [5.74, 6) is -2.07. The molecule has 19 heavy (non-hydrogen) atoms. The first-order valence-corrected chi connectivity index (χ1v) is 6.80. The molecule has 0 aromatic heterocycles. The van der Waals surface area contributed by atoms with Crippen molar-refractivity contribution < 1.29 is 31.1 Å². The van der Waals surface area contributed by atoms with Gasteiger partial charge in [-0.25, -0.2) is 12.8 Å². The summed E-state index contributed by atoms with van der Waals surface area (Å²) in [5, 5.41) is 9.28. The number of phenolic OH excluding ortho intramolecular Hbond substituents is 1. The van der Waals surface area contributed by atoms with E-state index in [2.05, 4.69) is 0 Å². The molecule has 108 valence electrons. The molecule has 0 aliphatic heterocycles. The molecular formula is C10H11F4NO3S. The Labute approximate surface area is 107 Å². The van der Waals surface area contributed by atoms with Gasteiger partial charge >= 0.3 is 6.18 Å². The quantitative estimate of drug-likeness (QED) is 0.649. The Kier molecular flexibility index (Phi) is 4.61. The first kappa shape index (κ1) is 15.5. The summed E-state index contributed by atoms with van der Waals surface area (Å²) in [4.78, 5) is 0. The number of hydrogen-bond donors (Lipinski definition) is 2. The fourth-order valence-electron chi connectivity index (χ4n) is 1.27. The van der Waals surface area contributed by atoms with Gasteiger partial charge in [0.15, 0.2) is 0 Å². The monoisotopic (exact) mass is 301 g/mol. The Morgan fingerprint density at radius 1 is 1.26 bits per heavy atom. The summed E-state index contributed by atoms with van der Waals surface area (Å²) in [6.45, 7) is 0. The lowest BCUT2D eigenvalue weighted by atomic mass is 10.3. The van der Waals surface area contributed by atoms with E-state index in [1.54, 1.807) is 0 Å². The third-order valence-electron chi connectivity index (χ3n) is 2.10. The van der Waals surface area contributed by atoms with Crippen molar-refractivity contribution >= 4 is 15.7 Å². The Morgan fingerprint density at radius 2 is 1.89 bits per heavy atom. The normalized spacial score (nSPS) is 12.4. The van der Waals surface area contributed by atoms with Crippen molar-refractivity contribution in [1.82, 2.24) is 0 Å². The predicted octanol–water partition coefficient (Wildman–Crippen LogP) is 2.62. The highest BCUT2D eigenvalue weighted by Gasteiger charge is 2.27. The number of phenols is 1. The van der Waals surface area contributed by atoms with Crippen LogP contribution in [0.1, 0.15) is 12.8 Å². The summed E-state index contributed by atoms with van der Waals surface area (Å²) >= 11 is 0. The summed E-state index contributed by atoms with van der Waals surface area (Å²) in [6.07, 6.45) is -6.28. The van der Waals surface area contributed by atoms with Gasteiger partial charge < -0.3 is 5.11 Å². The minimum absolute atomic E-state index is 0.410. The molecule has 1 aromatic rings. The molecule has 2 N–H and O–H groups in total. The lowest BCUT2D eigenvalue weighted by molar-refractivity contribution is -0.134. The first-order chi connectivity index (χ1) is 8.59. The zero-order valence-corrected chi connectivity index (χ0v) is 10.4. The van der Waals surface area contributed by atoms with Crippen LogP contribution in [0, 0.1) is 5.82 Å². The fourth-order valence-corrected chi connectivity index (χ4v) is 2.40. The Bertz CT molecular complexity index is 542. The van der Waals surface area contributed by atoms with Crippen LogP contribution in [0.2, 0.25) is 0 Å². The molecule has 0 unspecified atom stereocenters. The van der Waals surface area contributed by atoms with Gasteiger partial charge in [0.2, 0.25) is 10.0 Å². The van der Waals surface area contributed by atoms with E-state index in [0.717, 1.165) is 18.2 Å². The number of aromatic hydroxyl groups is 1. The third kappa shape index (κ3) is 5.77. The molecule has 0 saturated carbocycles. The molecule has 0 fully saturated rings. The second-order valence-corrected chi connectivity index (χ2v) is 5.64. The molecule has 1 aromatic carbocycles. The average Bonchev–Trinajstić information content (AvgIpc) is 2.20. The van der Waals surface area contributed by atoms with E-state index in [1.165, 1.54) is 0 Å². The highest BCUT2D eigenvalue weighted by Crippen LogP contribution is 2.26. The van der Waals surface area contributed by atoms with Crippen LogP contribution in [-0.2, 0) is 10.0 Å². The average molecular weight is 301 g/mol. The summed E-state index contributed by atoms with van der Waals surface area (Å²) < 4.78 is 73.1.